The lowest BCUT2D eigenvalue weighted by Crippen LogP contribution is -2.38. The highest BCUT2D eigenvalue weighted by molar-refractivity contribution is 5.67. The molecule has 0 atom stereocenters. The summed E-state index contributed by atoms with van der Waals surface area (Å²) in [5, 5.41) is 0. The number of nitrogens with two attached hydrogens (primary N) is 1. The van der Waals surface area contributed by atoms with E-state index in [9.17, 15) is 9.59 Å². The summed E-state index contributed by atoms with van der Waals surface area (Å²) in [5.74, 6) is 0.0393. The summed E-state index contributed by atoms with van der Waals surface area (Å²) in [6.45, 7) is 1.68. The van der Waals surface area contributed by atoms with Crippen molar-refractivity contribution in [3.63, 3.8) is 0 Å². The van der Waals surface area contributed by atoms with E-state index in [0.29, 0.717) is 5.69 Å². The number of hydrogen-bond acceptors (Lipinski definition) is 4. The minimum Gasteiger partial charge on any atom is -0.383 e. The second-order valence-electron chi connectivity index (χ2n) is 3.94. The third kappa shape index (κ3) is 2.08. The van der Waals surface area contributed by atoms with Crippen LogP contribution in [0.2, 0.25) is 0 Å². The average molecular weight is 258 g/mol. The largest absolute Gasteiger partial charge is 0.383 e. The van der Waals surface area contributed by atoms with Gasteiger partial charge in [-0.25, -0.2) is 9.36 Å². The molecule has 0 saturated carbocycles. The van der Waals surface area contributed by atoms with E-state index in [-0.39, 0.29) is 11.5 Å². The maximum absolute atomic E-state index is 12.2. The molecule has 0 saturated heterocycles. The van der Waals surface area contributed by atoms with E-state index in [1.54, 1.807) is 31.2 Å². The SMILES string of the molecule is CC=Nc1c(N)n(-c2ccccc2)c(=O)n(C)c1=O. The fourth-order valence-electron chi connectivity index (χ4n) is 1.79. The molecule has 2 rings (SSSR count). The van der Waals surface area contributed by atoms with Gasteiger partial charge in [-0.1, -0.05) is 18.2 Å². The van der Waals surface area contributed by atoms with E-state index in [4.69, 9.17) is 5.73 Å². The van der Waals surface area contributed by atoms with Crippen molar-refractivity contribution in [2.45, 2.75) is 6.92 Å². The van der Waals surface area contributed by atoms with Crippen molar-refractivity contribution in [3.05, 3.63) is 51.2 Å². The van der Waals surface area contributed by atoms with Crippen LogP contribution in [-0.2, 0) is 7.05 Å². The molecule has 0 unspecified atom stereocenters. The molecule has 0 radical (unpaired) electrons. The van der Waals surface area contributed by atoms with Gasteiger partial charge in [-0.05, 0) is 19.1 Å². The van der Waals surface area contributed by atoms with Crippen molar-refractivity contribution in [1.29, 1.82) is 0 Å². The molecule has 0 aliphatic heterocycles. The smallest absolute Gasteiger partial charge is 0.337 e. The summed E-state index contributed by atoms with van der Waals surface area (Å²) in [4.78, 5) is 28.1. The zero-order chi connectivity index (χ0) is 14.0. The van der Waals surface area contributed by atoms with Gasteiger partial charge in [-0.2, -0.15) is 0 Å². The highest BCUT2D eigenvalue weighted by Crippen LogP contribution is 2.17. The predicted octanol–water partition coefficient (Wildman–Crippen LogP) is 0.841. The summed E-state index contributed by atoms with van der Waals surface area (Å²) in [6, 6.07) is 8.88. The minimum absolute atomic E-state index is 0.0393. The molecule has 6 heteroatoms. The Labute approximate surface area is 109 Å². The Morgan fingerprint density at radius 2 is 1.84 bits per heavy atom. The fourth-order valence-corrected chi connectivity index (χ4v) is 1.79. The van der Waals surface area contributed by atoms with Crippen LogP contribution in [0.15, 0.2) is 44.9 Å². The number of para-hydroxylation sites is 1. The Hall–Kier alpha value is -2.63. The van der Waals surface area contributed by atoms with Crippen LogP contribution in [0.4, 0.5) is 11.5 Å². The number of rotatable bonds is 2. The number of benzene rings is 1. The first-order valence-corrected chi connectivity index (χ1v) is 5.73. The van der Waals surface area contributed by atoms with Crippen molar-refractivity contribution in [2.75, 3.05) is 5.73 Å². The van der Waals surface area contributed by atoms with E-state index in [1.165, 1.54) is 17.8 Å². The molecule has 0 spiro atoms. The van der Waals surface area contributed by atoms with Crippen molar-refractivity contribution < 1.29 is 0 Å². The normalized spacial score (nSPS) is 11.1. The molecule has 0 aliphatic carbocycles. The summed E-state index contributed by atoms with van der Waals surface area (Å²) < 4.78 is 2.26. The number of aliphatic imine (C=N–C) groups is 1. The lowest BCUT2D eigenvalue weighted by atomic mass is 10.3. The van der Waals surface area contributed by atoms with Gasteiger partial charge in [0.05, 0.1) is 5.69 Å². The molecular weight excluding hydrogens is 244 g/mol. The van der Waals surface area contributed by atoms with Gasteiger partial charge in [0.25, 0.3) is 5.56 Å². The van der Waals surface area contributed by atoms with E-state index in [0.717, 1.165) is 4.57 Å². The molecule has 0 amide bonds. The Kier molecular flexibility index (Phi) is 3.33. The summed E-state index contributed by atoms with van der Waals surface area (Å²) in [7, 11) is 1.40. The van der Waals surface area contributed by atoms with Crippen LogP contribution in [-0.4, -0.2) is 15.3 Å². The Balaban J connectivity index is 2.90. The maximum atomic E-state index is 12.2. The number of aromatic nitrogens is 2. The van der Waals surface area contributed by atoms with Crippen molar-refractivity contribution in [2.24, 2.45) is 12.0 Å². The molecule has 1 aromatic heterocycles. The summed E-state index contributed by atoms with van der Waals surface area (Å²) in [6.07, 6.45) is 1.47. The van der Waals surface area contributed by atoms with E-state index in [1.807, 2.05) is 6.07 Å². The number of hydrogen-bond donors (Lipinski definition) is 1. The number of anilines is 1. The van der Waals surface area contributed by atoms with Crippen LogP contribution in [0.5, 0.6) is 0 Å². The molecule has 2 N–H and O–H groups in total. The van der Waals surface area contributed by atoms with E-state index in [2.05, 4.69) is 4.99 Å². The highest BCUT2D eigenvalue weighted by Gasteiger charge is 2.15. The van der Waals surface area contributed by atoms with Gasteiger partial charge in [-0.15, -0.1) is 0 Å². The first-order valence-electron chi connectivity index (χ1n) is 5.73. The molecule has 1 aromatic carbocycles. The van der Waals surface area contributed by atoms with Crippen LogP contribution >= 0.6 is 0 Å². The molecule has 1 heterocycles. The van der Waals surface area contributed by atoms with Gasteiger partial charge in [-0.3, -0.25) is 14.4 Å². The summed E-state index contributed by atoms with van der Waals surface area (Å²) >= 11 is 0. The van der Waals surface area contributed by atoms with Crippen molar-refractivity contribution in [3.8, 4) is 5.69 Å². The second-order valence-corrected chi connectivity index (χ2v) is 3.94. The highest BCUT2D eigenvalue weighted by atomic mass is 16.2. The zero-order valence-electron chi connectivity index (χ0n) is 10.7. The van der Waals surface area contributed by atoms with E-state index >= 15 is 0 Å². The second kappa shape index (κ2) is 4.93. The van der Waals surface area contributed by atoms with Crippen LogP contribution in [0.25, 0.3) is 5.69 Å². The van der Waals surface area contributed by atoms with Crippen LogP contribution in [0, 0.1) is 0 Å². The standard InChI is InChI=1S/C13H14N4O2/c1-3-15-10-11(14)17(9-7-5-4-6-8-9)13(19)16(2)12(10)18/h3-8H,14H2,1-2H3. The molecule has 98 valence electrons. The molecule has 6 nitrogen and oxygen atoms in total. The fraction of sp³-hybridized carbons (Fsp3) is 0.154. The Bertz CT molecular complexity index is 742. The first kappa shape index (κ1) is 12.8. The number of nitrogens with zero attached hydrogens (tertiary/aromatic N) is 3. The Morgan fingerprint density at radius 3 is 2.42 bits per heavy atom. The third-order valence-electron chi connectivity index (χ3n) is 2.74. The van der Waals surface area contributed by atoms with Crippen molar-refractivity contribution >= 4 is 17.7 Å². The molecule has 0 bridgehead atoms. The molecule has 0 aliphatic rings. The van der Waals surface area contributed by atoms with Crippen LogP contribution < -0.4 is 17.0 Å². The third-order valence-corrected chi connectivity index (χ3v) is 2.74. The van der Waals surface area contributed by atoms with Gasteiger partial charge in [0.15, 0.2) is 5.69 Å². The maximum Gasteiger partial charge on any atom is 0.337 e. The van der Waals surface area contributed by atoms with Gasteiger partial charge >= 0.3 is 5.69 Å². The number of nitrogen functional groups attached to an aromatic ring is 1. The quantitative estimate of drug-likeness (QED) is 0.810. The van der Waals surface area contributed by atoms with Crippen molar-refractivity contribution in [1.82, 2.24) is 9.13 Å². The molecule has 2 aromatic rings. The molecular formula is C13H14N4O2. The lowest BCUT2D eigenvalue weighted by molar-refractivity contribution is 0.736. The zero-order valence-corrected chi connectivity index (χ0v) is 10.7. The molecule has 19 heavy (non-hydrogen) atoms. The van der Waals surface area contributed by atoms with Crippen LogP contribution in [0.3, 0.4) is 0 Å². The average Bonchev–Trinajstić information content (AvgIpc) is 2.43. The monoisotopic (exact) mass is 258 g/mol. The van der Waals surface area contributed by atoms with Gasteiger partial charge in [0.1, 0.15) is 5.82 Å². The van der Waals surface area contributed by atoms with E-state index < -0.39 is 11.2 Å². The predicted molar refractivity (Wildman–Crippen MR) is 75.5 cm³/mol. The topological polar surface area (TPSA) is 82.4 Å². The first-order chi connectivity index (χ1) is 9.07. The van der Waals surface area contributed by atoms with Gasteiger partial charge < -0.3 is 5.73 Å². The van der Waals surface area contributed by atoms with Gasteiger partial charge in [0.2, 0.25) is 0 Å². The summed E-state index contributed by atoms with van der Waals surface area (Å²) in [5.41, 5.74) is 5.56. The van der Waals surface area contributed by atoms with Crippen LogP contribution in [0.1, 0.15) is 6.92 Å². The lowest BCUT2D eigenvalue weighted by Gasteiger charge is -2.12. The van der Waals surface area contributed by atoms with Gasteiger partial charge in [0, 0.05) is 13.3 Å². The minimum atomic E-state index is -0.507. The molecule has 0 fully saturated rings. The Morgan fingerprint density at radius 1 is 1.21 bits per heavy atom.